The van der Waals surface area contributed by atoms with E-state index in [0.29, 0.717) is 27.7 Å². The molecule has 112 valence electrons. The van der Waals surface area contributed by atoms with Crippen LogP contribution in [0.15, 0.2) is 47.0 Å². The number of fused-ring (bicyclic) bond motifs is 1. The summed E-state index contributed by atoms with van der Waals surface area (Å²) in [6.07, 6.45) is 0.126. The fraction of sp³-hybridized carbons (Fsp3) is 0.125. The van der Waals surface area contributed by atoms with Crippen molar-refractivity contribution in [2.45, 2.75) is 6.42 Å². The summed E-state index contributed by atoms with van der Waals surface area (Å²) >= 11 is 6.03. The summed E-state index contributed by atoms with van der Waals surface area (Å²) < 4.78 is 10.3. The van der Waals surface area contributed by atoms with Gasteiger partial charge in [-0.25, -0.2) is 0 Å². The normalized spacial score (nSPS) is 10.6. The fourth-order valence-corrected chi connectivity index (χ4v) is 2.42. The van der Waals surface area contributed by atoms with E-state index in [4.69, 9.17) is 20.9 Å². The Kier molecular flexibility index (Phi) is 3.98. The highest BCUT2D eigenvalue weighted by molar-refractivity contribution is 6.32. The first-order valence-corrected chi connectivity index (χ1v) is 7.02. The number of hydrogen-bond acceptors (Lipinski definition) is 4. The van der Waals surface area contributed by atoms with Crippen LogP contribution in [0.25, 0.3) is 11.0 Å². The number of nitrogens with zero attached hydrogens (tertiary/aromatic N) is 1. The molecule has 0 aliphatic heterocycles. The third-order valence-electron chi connectivity index (χ3n) is 3.22. The minimum absolute atomic E-state index is 0.126. The van der Waals surface area contributed by atoms with E-state index in [1.54, 1.807) is 18.2 Å². The summed E-state index contributed by atoms with van der Waals surface area (Å²) in [6.45, 7) is 0. The predicted molar refractivity (Wildman–Crippen MR) is 84.3 cm³/mol. The molecule has 1 amide bonds. The molecule has 2 aromatic carbocycles. The number of nitrogens with one attached hydrogen (secondary N) is 1. The third kappa shape index (κ3) is 2.89. The molecule has 0 unspecified atom stereocenters. The van der Waals surface area contributed by atoms with Crippen molar-refractivity contribution in [1.82, 2.24) is 5.16 Å². The van der Waals surface area contributed by atoms with Crippen LogP contribution in [0.4, 0.5) is 5.69 Å². The van der Waals surface area contributed by atoms with E-state index in [-0.39, 0.29) is 12.3 Å². The number of aromatic nitrogens is 1. The summed E-state index contributed by atoms with van der Waals surface area (Å²) in [5.74, 6) is 0.363. The van der Waals surface area contributed by atoms with Gasteiger partial charge in [0.1, 0.15) is 11.4 Å². The molecule has 0 radical (unpaired) electrons. The van der Waals surface area contributed by atoms with Crippen molar-refractivity contribution in [2.24, 2.45) is 0 Å². The van der Waals surface area contributed by atoms with Gasteiger partial charge in [-0.1, -0.05) is 28.9 Å². The molecule has 0 bridgehead atoms. The maximum absolute atomic E-state index is 12.1. The van der Waals surface area contributed by atoms with Crippen LogP contribution in [0.5, 0.6) is 5.75 Å². The second kappa shape index (κ2) is 6.07. The van der Waals surface area contributed by atoms with E-state index in [1.807, 2.05) is 24.3 Å². The average Bonchev–Trinajstić information content (AvgIpc) is 2.91. The molecular weight excluding hydrogens is 304 g/mol. The van der Waals surface area contributed by atoms with E-state index in [9.17, 15) is 4.79 Å². The van der Waals surface area contributed by atoms with Crippen molar-refractivity contribution in [3.05, 3.63) is 53.2 Å². The van der Waals surface area contributed by atoms with Crippen LogP contribution in [-0.4, -0.2) is 18.2 Å². The molecule has 0 saturated carbocycles. The number of anilines is 1. The lowest BCUT2D eigenvalue weighted by Crippen LogP contribution is -2.14. The van der Waals surface area contributed by atoms with Crippen LogP contribution >= 0.6 is 11.6 Å². The van der Waals surface area contributed by atoms with Gasteiger partial charge in [0.05, 0.1) is 18.6 Å². The third-order valence-corrected chi connectivity index (χ3v) is 3.51. The number of para-hydroxylation sites is 1. The van der Waals surface area contributed by atoms with Crippen molar-refractivity contribution in [2.75, 3.05) is 12.4 Å². The molecule has 0 spiro atoms. The van der Waals surface area contributed by atoms with Gasteiger partial charge in [-0.05, 0) is 30.3 Å². The lowest BCUT2D eigenvalue weighted by molar-refractivity contribution is -0.115. The Labute approximate surface area is 131 Å². The Morgan fingerprint density at radius 3 is 2.91 bits per heavy atom. The minimum Gasteiger partial charge on any atom is -0.495 e. The Morgan fingerprint density at radius 2 is 2.14 bits per heavy atom. The standard InChI is InChI=1S/C16H13ClN2O3/c1-21-15-7-6-10(8-12(15)17)18-16(20)9-13-11-4-2-3-5-14(11)22-19-13/h2-8H,9H2,1H3,(H,18,20). The molecule has 5 nitrogen and oxygen atoms in total. The predicted octanol–water partition coefficient (Wildman–Crippen LogP) is 3.67. The maximum Gasteiger partial charge on any atom is 0.230 e. The number of carbonyl (C=O) groups is 1. The largest absolute Gasteiger partial charge is 0.495 e. The van der Waals surface area contributed by atoms with Gasteiger partial charge in [0.15, 0.2) is 5.58 Å². The molecule has 3 aromatic rings. The van der Waals surface area contributed by atoms with Crippen molar-refractivity contribution < 1.29 is 14.1 Å². The number of methoxy groups -OCH3 is 1. The van der Waals surface area contributed by atoms with E-state index in [1.165, 1.54) is 7.11 Å². The second-order valence-electron chi connectivity index (χ2n) is 4.70. The van der Waals surface area contributed by atoms with Crippen LogP contribution < -0.4 is 10.1 Å². The van der Waals surface area contributed by atoms with Crippen molar-refractivity contribution >= 4 is 34.2 Å². The summed E-state index contributed by atoms with van der Waals surface area (Å²) in [4.78, 5) is 12.1. The van der Waals surface area contributed by atoms with E-state index in [0.717, 1.165) is 5.39 Å². The Morgan fingerprint density at radius 1 is 1.32 bits per heavy atom. The topological polar surface area (TPSA) is 64.4 Å². The van der Waals surface area contributed by atoms with Gasteiger partial charge in [0.25, 0.3) is 0 Å². The van der Waals surface area contributed by atoms with E-state index in [2.05, 4.69) is 10.5 Å². The highest BCUT2D eigenvalue weighted by Crippen LogP contribution is 2.27. The lowest BCUT2D eigenvalue weighted by Gasteiger charge is -2.07. The molecule has 0 aliphatic rings. The molecule has 0 aliphatic carbocycles. The molecular formula is C16H13ClN2O3. The van der Waals surface area contributed by atoms with Crippen molar-refractivity contribution in [3.8, 4) is 5.75 Å². The number of benzene rings is 2. The number of carbonyl (C=O) groups excluding carboxylic acids is 1. The van der Waals surface area contributed by atoms with Crippen LogP contribution in [-0.2, 0) is 11.2 Å². The molecule has 1 aromatic heterocycles. The van der Waals surface area contributed by atoms with Gasteiger partial charge in [0.2, 0.25) is 5.91 Å². The van der Waals surface area contributed by atoms with Crippen LogP contribution in [0.1, 0.15) is 5.69 Å². The molecule has 6 heteroatoms. The van der Waals surface area contributed by atoms with Gasteiger partial charge in [-0.15, -0.1) is 0 Å². The zero-order chi connectivity index (χ0) is 15.5. The first-order valence-electron chi connectivity index (χ1n) is 6.64. The average molecular weight is 317 g/mol. The van der Waals surface area contributed by atoms with Gasteiger partial charge in [-0.2, -0.15) is 0 Å². The van der Waals surface area contributed by atoms with Crippen molar-refractivity contribution in [1.29, 1.82) is 0 Å². The Balaban J connectivity index is 1.74. The highest BCUT2D eigenvalue weighted by Gasteiger charge is 2.12. The van der Waals surface area contributed by atoms with Crippen molar-refractivity contribution in [3.63, 3.8) is 0 Å². The second-order valence-corrected chi connectivity index (χ2v) is 5.11. The molecule has 1 N–H and O–H groups in total. The Bertz CT molecular complexity index is 829. The van der Waals surface area contributed by atoms with Gasteiger partial charge < -0.3 is 14.6 Å². The van der Waals surface area contributed by atoms with Gasteiger partial charge in [-0.3, -0.25) is 4.79 Å². The number of rotatable bonds is 4. The zero-order valence-corrected chi connectivity index (χ0v) is 12.6. The first kappa shape index (κ1) is 14.4. The Hall–Kier alpha value is -2.53. The number of amides is 1. The van der Waals surface area contributed by atoms with E-state index < -0.39 is 0 Å². The number of hydrogen-bond donors (Lipinski definition) is 1. The molecule has 3 rings (SSSR count). The smallest absolute Gasteiger partial charge is 0.230 e. The minimum atomic E-state index is -0.194. The quantitative estimate of drug-likeness (QED) is 0.797. The van der Waals surface area contributed by atoms with Gasteiger partial charge in [0, 0.05) is 11.1 Å². The summed E-state index contributed by atoms with van der Waals surface area (Å²) in [5, 5.41) is 7.99. The van der Waals surface area contributed by atoms with E-state index >= 15 is 0 Å². The number of halogens is 1. The lowest BCUT2D eigenvalue weighted by atomic mass is 10.1. The SMILES string of the molecule is COc1ccc(NC(=O)Cc2noc3ccccc23)cc1Cl. The fourth-order valence-electron chi connectivity index (χ4n) is 2.17. The van der Waals surface area contributed by atoms with Gasteiger partial charge >= 0.3 is 0 Å². The molecule has 0 fully saturated rings. The maximum atomic E-state index is 12.1. The highest BCUT2D eigenvalue weighted by atomic mass is 35.5. The van der Waals surface area contributed by atoms with Crippen LogP contribution in [0.2, 0.25) is 5.02 Å². The van der Waals surface area contributed by atoms with Crippen LogP contribution in [0.3, 0.4) is 0 Å². The number of ether oxygens (including phenoxy) is 1. The molecule has 0 atom stereocenters. The summed E-state index contributed by atoms with van der Waals surface area (Å²) in [5.41, 5.74) is 1.87. The monoisotopic (exact) mass is 316 g/mol. The first-order chi connectivity index (χ1) is 10.7. The zero-order valence-electron chi connectivity index (χ0n) is 11.8. The molecule has 0 saturated heterocycles. The molecule has 22 heavy (non-hydrogen) atoms. The summed E-state index contributed by atoms with van der Waals surface area (Å²) in [6, 6.07) is 12.5. The summed E-state index contributed by atoms with van der Waals surface area (Å²) in [7, 11) is 1.54. The molecule has 1 heterocycles. The van der Waals surface area contributed by atoms with Crippen LogP contribution in [0, 0.1) is 0 Å².